The zero-order valence-electron chi connectivity index (χ0n) is 21.5. The monoisotopic (exact) mass is 481 g/mol. The molecule has 4 aliphatic carbocycles. The van der Waals surface area contributed by atoms with Crippen LogP contribution in [-0.4, -0.2) is 0 Å². The molecule has 0 amide bonds. The first-order valence-corrected chi connectivity index (χ1v) is 13.8. The van der Waals surface area contributed by atoms with Gasteiger partial charge in [0.1, 0.15) is 0 Å². The predicted octanol–water partition coefficient (Wildman–Crippen LogP) is 9.88. The Morgan fingerprint density at radius 3 is 2.08 bits per heavy atom. The lowest BCUT2D eigenvalue weighted by Crippen LogP contribution is -2.21. The first-order valence-electron chi connectivity index (χ1n) is 13.8. The lowest BCUT2D eigenvalue weighted by atomic mass is 9.82. The molecular weight excluding hydrogens is 446 g/mol. The Labute approximate surface area is 221 Å². The standard InChI is InChI=1S/C36H35N/c1-4-12-28(13-5-1)31-22-24-34(25-23-31)37(35-20-10-18-32(26-35)29-14-6-2-7-15-29)36-21-11-19-33(27-36)30-16-8-3-9-17-30/h1-4,6-8,10-12,14,16,19-27,29,32H,5,9,13,15,17-18H2. The molecule has 2 unspecified atom stereocenters. The average molecular weight is 482 g/mol. The van der Waals surface area contributed by atoms with E-state index >= 15 is 0 Å². The Kier molecular flexibility index (Phi) is 7.03. The van der Waals surface area contributed by atoms with Crippen molar-refractivity contribution in [2.24, 2.45) is 11.8 Å². The molecule has 0 bridgehead atoms. The van der Waals surface area contributed by atoms with E-state index in [9.17, 15) is 0 Å². The number of allylic oxidation sites excluding steroid dienone is 15. The first kappa shape index (κ1) is 23.6. The van der Waals surface area contributed by atoms with Gasteiger partial charge in [0.15, 0.2) is 0 Å². The van der Waals surface area contributed by atoms with Crippen molar-refractivity contribution < 1.29 is 0 Å². The molecule has 4 aliphatic rings. The van der Waals surface area contributed by atoms with Gasteiger partial charge in [0.05, 0.1) is 0 Å². The van der Waals surface area contributed by atoms with Gasteiger partial charge in [-0.3, -0.25) is 0 Å². The fourth-order valence-electron chi connectivity index (χ4n) is 5.86. The summed E-state index contributed by atoms with van der Waals surface area (Å²) in [6, 6.07) is 18.3. The Morgan fingerprint density at radius 2 is 1.38 bits per heavy atom. The lowest BCUT2D eigenvalue weighted by Gasteiger charge is -2.32. The zero-order chi connectivity index (χ0) is 24.9. The highest BCUT2D eigenvalue weighted by atomic mass is 15.1. The third kappa shape index (κ3) is 5.32. The molecule has 0 N–H and O–H groups in total. The number of nitrogens with zero attached hydrogens (tertiary/aromatic N) is 1. The largest absolute Gasteiger partial charge is 0.311 e. The van der Waals surface area contributed by atoms with Gasteiger partial charge in [-0.2, -0.15) is 0 Å². The van der Waals surface area contributed by atoms with E-state index < -0.39 is 0 Å². The van der Waals surface area contributed by atoms with E-state index in [4.69, 9.17) is 0 Å². The van der Waals surface area contributed by atoms with Crippen molar-refractivity contribution in [3.63, 3.8) is 0 Å². The lowest BCUT2D eigenvalue weighted by molar-refractivity contribution is 0.475. The van der Waals surface area contributed by atoms with Crippen LogP contribution >= 0.6 is 0 Å². The molecule has 0 radical (unpaired) electrons. The highest BCUT2D eigenvalue weighted by molar-refractivity contribution is 5.78. The van der Waals surface area contributed by atoms with E-state index in [1.165, 1.54) is 39.3 Å². The molecule has 0 saturated carbocycles. The third-order valence-corrected chi connectivity index (χ3v) is 7.90. The number of benzene rings is 2. The molecule has 0 spiro atoms. The summed E-state index contributed by atoms with van der Waals surface area (Å²) in [6.07, 6.45) is 36.3. The second-order valence-electron chi connectivity index (χ2n) is 10.4. The normalized spacial score (nSPS) is 22.4. The summed E-state index contributed by atoms with van der Waals surface area (Å²) in [6.45, 7) is 0. The minimum Gasteiger partial charge on any atom is -0.311 e. The van der Waals surface area contributed by atoms with Gasteiger partial charge in [-0.15, -0.1) is 0 Å². The van der Waals surface area contributed by atoms with E-state index in [-0.39, 0.29) is 0 Å². The summed E-state index contributed by atoms with van der Waals surface area (Å²) in [5.74, 6) is 1.07. The maximum atomic E-state index is 2.51. The maximum absolute atomic E-state index is 2.51. The average Bonchev–Trinajstić information content (AvgIpc) is 2.99. The zero-order valence-corrected chi connectivity index (χ0v) is 21.5. The van der Waals surface area contributed by atoms with Gasteiger partial charge in [0.25, 0.3) is 0 Å². The van der Waals surface area contributed by atoms with Crippen LogP contribution in [0.3, 0.4) is 0 Å². The van der Waals surface area contributed by atoms with Crippen LogP contribution < -0.4 is 4.90 Å². The van der Waals surface area contributed by atoms with Gasteiger partial charge in [-0.25, -0.2) is 0 Å². The fraction of sp³-hybridized carbons (Fsp3) is 0.222. The topological polar surface area (TPSA) is 3.24 Å². The summed E-state index contributed by atoms with van der Waals surface area (Å²) in [5, 5.41) is 0. The fourth-order valence-corrected chi connectivity index (χ4v) is 5.86. The van der Waals surface area contributed by atoms with Crippen LogP contribution in [0.25, 0.3) is 11.1 Å². The van der Waals surface area contributed by atoms with Crippen LogP contribution in [0.5, 0.6) is 0 Å². The third-order valence-electron chi connectivity index (χ3n) is 7.90. The predicted molar refractivity (Wildman–Crippen MR) is 159 cm³/mol. The Morgan fingerprint density at radius 1 is 0.622 bits per heavy atom. The molecule has 2 atom stereocenters. The second-order valence-corrected chi connectivity index (χ2v) is 10.4. The molecular formula is C36H35N. The molecule has 0 saturated heterocycles. The molecule has 6 rings (SSSR count). The molecule has 37 heavy (non-hydrogen) atoms. The van der Waals surface area contributed by atoms with Crippen molar-refractivity contribution >= 4 is 22.5 Å². The molecule has 1 heteroatoms. The Bertz CT molecular complexity index is 1370. The summed E-state index contributed by atoms with van der Waals surface area (Å²) in [5.41, 5.74) is 9.18. The SMILES string of the molecule is C1=CCCC(c2ccc(N(C3=CC(C4C=CC=CC4)CC=C3)c3cccc(C4=CC=CCC4)c3)cc2)=C1. The van der Waals surface area contributed by atoms with Crippen LogP contribution in [0.4, 0.5) is 11.4 Å². The van der Waals surface area contributed by atoms with E-state index in [0.29, 0.717) is 11.8 Å². The van der Waals surface area contributed by atoms with Crippen molar-refractivity contribution in [3.05, 3.63) is 144 Å². The van der Waals surface area contributed by atoms with Gasteiger partial charge < -0.3 is 4.90 Å². The maximum Gasteiger partial charge on any atom is 0.0467 e. The number of hydrogen-bond donors (Lipinski definition) is 0. The van der Waals surface area contributed by atoms with Crippen molar-refractivity contribution in [2.45, 2.75) is 38.5 Å². The molecule has 1 nitrogen and oxygen atoms in total. The van der Waals surface area contributed by atoms with Gasteiger partial charge in [-0.1, -0.05) is 97.2 Å². The van der Waals surface area contributed by atoms with Crippen LogP contribution in [-0.2, 0) is 0 Å². The number of anilines is 2. The van der Waals surface area contributed by atoms with Crippen LogP contribution in [0, 0.1) is 11.8 Å². The van der Waals surface area contributed by atoms with Crippen LogP contribution in [0.1, 0.15) is 49.7 Å². The first-order chi connectivity index (χ1) is 18.3. The summed E-state index contributed by atoms with van der Waals surface area (Å²) in [4.78, 5) is 2.45. The summed E-state index contributed by atoms with van der Waals surface area (Å²) in [7, 11) is 0. The highest BCUT2D eigenvalue weighted by Gasteiger charge is 2.23. The van der Waals surface area contributed by atoms with E-state index in [0.717, 1.165) is 38.5 Å². The minimum absolute atomic E-state index is 0.511. The van der Waals surface area contributed by atoms with E-state index in [1.54, 1.807) is 0 Å². The Hall–Kier alpha value is -3.84. The molecule has 184 valence electrons. The highest BCUT2D eigenvalue weighted by Crippen LogP contribution is 2.38. The molecule has 0 aliphatic heterocycles. The smallest absolute Gasteiger partial charge is 0.0467 e. The van der Waals surface area contributed by atoms with Crippen molar-refractivity contribution in [1.82, 2.24) is 0 Å². The number of rotatable bonds is 6. The van der Waals surface area contributed by atoms with Crippen LogP contribution in [0.2, 0.25) is 0 Å². The van der Waals surface area contributed by atoms with Crippen molar-refractivity contribution in [1.29, 1.82) is 0 Å². The molecule has 0 heterocycles. The van der Waals surface area contributed by atoms with Gasteiger partial charge in [-0.05, 0) is 103 Å². The van der Waals surface area contributed by atoms with Gasteiger partial charge in [0, 0.05) is 17.1 Å². The summed E-state index contributed by atoms with van der Waals surface area (Å²) < 4.78 is 0. The molecule has 2 aromatic rings. The van der Waals surface area contributed by atoms with E-state index in [2.05, 4.69) is 132 Å². The van der Waals surface area contributed by atoms with Gasteiger partial charge in [0.2, 0.25) is 0 Å². The molecule has 0 fully saturated rings. The van der Waals surface area contributed by atoms with Crippen LogP contribution in [0.15, 0.2) is 133 Å². The Balaban J connectivity index is 1.39. The summed E-state index contributed by atoms with van der Waals surface area (Å²) >= 11 is 0. The van der Waals surface area contributed by atoms with E-state index in [1.807, 2.05) is 0 Å². The molecule has 2 aromatic carbocycles. The second kappa shape index (κ2) is 11.0. The molecule has 0 aromatic heterocycles. The van der Waals surface area contributed by atoms with Crippen molar-refractivity contribution in [3.8, 4) is 0 Å². The quantitative estimate of drug-likeness (QED) is 0.397. The minimum atomic E-state index is 0.511. The van der Waals surface area contributed by atoms with Gasteiger partial charge >= 0.3 is 0 Å². The number of hydrogen-bond acceptors (Lipinski definition) is 1. The van der Waals surface area contributed by atoms with Crippen molar-refractivity contribution in [2.75, 3.05) is 4.90 Å².